The van der Waals surface area contributed by atoms with Gasteiger partial charge in [0.2, 0.25) is 0 Å². The van der Waals surface area contributed by atoms with E-state index in [-0.39, 0.29) is 0 Å². The highest BCUT2D eigenvalue weighted by Gasteiger charge is 2.29. The van der Waals surface area contributed by atoms with Crippen molar-refractivity contribution in [1.29, 1.82) is 0 Å². The minimum Gasteiger partial charge on any atom is -0.373 e. The summed E-state index contributed by atoms with van der Waals surface area (Å²) in [6.07, 6.45) is 8.55. The average Bonchev–Trinajstić information content (AvgIpc) is 3.35. The van der Waals surface area contributed by atoms with Crippen molar-refractivity contribution in [2.24, 2.45) is 0 Å². The predicted octanol–water partition coefficient (Wildman–Crippen LogP) is 3.29. The normalized spacial score (nSPS) is 18.0. The maximum Gasteiger partial charge on any atom is 0.137 e. The lowest BCUT2D eigenvalue weighted by molar-refractivity contribution is -0.106. The highest BCUT2D eigenvalue weighted by molar-refractivity contribution is 5.58. The van der Waals surface area contributed by atoms with E-state index in [0.717, 1.165) is 31.0 Å². The maximum atomic E-state index is 8.81. The lowest BCUT2D eigenvalue weighted by atomic mass is 10.2. The number of hydrogen-bond acceptors (Lipinski definition) is 5. The van der Waals surface area contributed by atoms with E-state index in [1.54, 1.807) is 0 Å². The molecule has 0 aromatic carbocycles. The van der Waals surface area contributed by atoms with Crippen LogP contribution in [0.3, 0.4) is 0 Å². The molecule has 2 aliphatic rings. The first-order valence-corrected chi connectivity index (χ1v) is 8.42. The third-order valence-electron chi connectivity index (χ3n) is 4.22. The van der Waals surface area contributed by atoms with E-state index in [0.29, 0.717) is 5.92 Å². The van der Waals surface area contributed by atoms with Crippen molar-refractivity contribution in [3.8, 4) is 0 Å². The Labute approximate surface area is 133 Å². The van der Waals surface area contributed by atoms with Crippen molar-refractivity contribution >= 4 is 17.9 Å². The Hall–Kier alpha value is -1.65. The smallest absolute Gasteiger partial charge is 0.137 e. The first-order chi connectivity index (χ1) is 10.7. The van der Waals surface area contributed by atoms with Gasteiger partial charge in [-0.3, -0.25) is 0 Å². The number of anilines is 2. The van der Waals surface area contributed by atoms with Crippen molar-refractivity contribution in [2.45, 2.75) is 58.3 Å². The van der Waals surface area contributed by atoms with E-state index in [1.165, 1.54) is 56.8 Å². The molecule has 0 unspecified atom stereocenters. The predicted molar refractivity (Wildman–Crippen MR) is 90.7 cm³/mol. The summed E-state index contributed by atoms with van der Waals surface area (Å²) >= 11 is 0. The standard InChI is InChI=1S/C15H24N4.C2H4O/c1-11-13(16-2)17-14(12-7-8-12)18-15(11)19-9-5-3-4-6-10-19;1-2-3/h12H,3-10H2,1-2H3,(H,16,17,18);2H,1H3. The van der Waals surface area contributed by atoms with Crippen LogP contribution in [0.2, 0.25) is 0 Å². The molecule has 1 saturated heterocycles. The second-order valence-corrected chi connectivity index (χ2v) is 6.04. The second kappa shape index (κ2) is 8.11. The van der Waals surface area contributed by atoms with Gasteiger partial charge in [0.1, 0.15) is 23.7 Å². The van der Waals surface area contributed by atoms with Crippen molar-refractivity contribution in [1.82, 2.24) is 9.97 Å². The van der Waals surface area contributed by atoms with Crippen LogP contribution in [0.25, 0.3) is 0 Å². The molecule has 0 amide bonds. The van der Waals surface area contributed by atoms with Crippen molar-refractivity contribution in [3.63, 3.8) is 0 Å². The van der Waals surface area contributed by atoms with Gasteiger partial charge in [0.25, 0.3) is 0 Å². The van der Waals surface area contributed by atoms with Crippen LogP contribution in [0.5, 0.6) is 0 Å². The van der Waals surface area contributed by atoms with Gasteiger partial charge in [-0.2, -0.15) is 0 Å². The third kappa shape index (κ3) is 4.18. The van der Waals surface area contributed by atoms with Gasteiger partial charge in [0.15, 0.2) is 0 Å². The molecule has 0 spiro atoms. The highest BCUT2D eigenvalue weighted by Crippen LogP contribution is 2.40. The summed E-state index contributed by atoms with van der Waals surface area (Å²) in [7, 11) is 1.96. The SMILES string of the molecule is CC=O.CNc1nc(C2CC2)nc(N2CCCCCC2)c1C. The van der Waals surface area contributed by atoms with Crippen LogP contribution in [0.1, 0.15) is 62.8 Å². The van der Waals surface area contributed by atoms with E-state index >= 15 is 0 Å². The zero-order valence-electron chi connectivity index (χ0n) is 14.1. The van der Waals surface area contributed by atoms with Crippen LogP contribution in [-0.2, 0) is 4.79 Å². The van der Waals surface area contributed by atoms with Crippen LogP contribution in [0.15, 0.2) is 0 Å². The average molecular weight is 304 g/mol. The molecule has 22 heavy (non-hydrogen) atoms. The number of carbonyl (C=O) groups is 1. The van der Waals surface area contributed by atoms with Crippen LogP contribution in [0, 0.1) is 6.92 Å². The van der Waals surface area contributed by atoms with E-state index < -0.39 is 0 Å². The van der Waals surface area contributed by atoms with Gasteiger partial charge in [-0.25, -0.2) is 9.97 Å². The Bertz CT molecular complexity index is 492. The summed E-state index contributed by atoms with van der Waals surface area (Å²) in [6.45, 7) is 5.87. The van der Waals surface area contributed by atoms with E-state index in [9.17, 15) is 0 Å². The molecule has 1 aromatic rings. The topological polar surface area (TPSA) is 58.1 Å². The van der Waals surface area contributed by atoms with Gasteiger partial charge in [-0.1, -0.05) is 12.8 Å². The summed E-state index contributed by atoms with van der Waals surface area (Å²) in [4.78, 5) is 20.8. The summed E-state index contributed by atoms with van der Waals surface area (Å²) in [5, 5.41) is 3.24. The summed E-state index contributed by atoms with van der Waals surface area (Å²) in [5.41, 5.74) is 1.20. The van der Waals surface area contributed by atoms with Crippen molar-refractivity contribution in [3.05, 3.63) is 11.4 Å². The van der Waals surface area contributed by atoms with Crippen LogP contribution < -0.4 is 10.2 Å². The minimum absolute atomic E-state index is 0.610. The molecular formula is C17H28N4O. The molecule has 0 radical (unpaired) electrons. The van der Waals surface area contributed by atoms with Gasteiger partial charge in [0.05, 0.1) is 0 Å². The molecule has 1 N–H and O–H groups in total. The molecule has 0 atom stereocenters. The Balaban J connectivity index is 0.000000545. The number of nitrogens with one attached hydrogen (secondary N) is 1. The fraction of sp³-hybridized carbons (Fsp3) is 0.706. The van der Waals surface area contributed by atoms with E-state index in [2.05, 4.69) is 22.1 Å². The number of nitrogens with zero attached hydrogens (tertiary/aromatic N) is 3. The molecule has 5 nitrogen and oxygen atoms in total. The number of hydrogen-bond donors (Lipinski definition) is 1. The molecule has 1 aliphatic heterocycles. The Kier molecular flexibility index (Phi) is 6.16. The fourth-order valence-electron chi connectivity index (χ4n) is 2.88. The van der Waals surface area contributed by atoms with Gasteiger partial charge >= 0.3 is 0 Å². The second-order valence-electron chi connectivity index (χ2n) is 6.04. The van der Waals surface area contributed by atoms with Crippen LogP contribution in [-0.4, -0.2) is 36.4 Å². The molecule has 0 bridgehead atoms. The van der Waals surface area contributed by atoms with E-state index in [1.807, 2.05) is 7.05 Å². The minimum atomic E-state index is 0.610. The summed E-state index contributed by atoms with van der Waals surface area (Å²) < 4.78 is 0. The van der Waals surface area contributed by atoms with Gasteiger partial charge in [0, 0.05) is 31.6 Å². The van der Waals surface area contributed by atoms with Gasteiger partial charge in [-0.15, -0.1) is 0 Å². The lowest BCUT2D eigenvalue weighted by Gasteiger charge is -2.24. The Morgan fingerprint density at radius 1 is 1.14 bits per heavy atom. The lowest BCUT2D eigenvalue weighted by Crippen LogP contribution is -2.26. The molecule has 2 fully saturated rings. The zero-order chi connectivity index (χ0) is 15.9. The van der Waals surface area contributed by atoms with Crippen molar-refractivity contribution < 1.29 is 4.79 Å². The molecule has 1 aromatic heterocycles. The monoisotopic (exact) mass is 304 g/mol. The number of aromatic nitrogens is 2. The fourth-order valence-corrected chi connectivity index (χ4v) is 2.88. The molecule has 1 saturated carbocycles. The summed E-state index contributed by atoms with van der Waals surface area (Å²) in [5.74, 6) is 3.84. The first-order valence-electron chi connectivity index (χ1n) is 8.42. The zero-order valence-corrected chi connectivity index (χ0v) is 14.1. The van der Waals surface area contributed by atoms with Crippen LogP contribution >= 0.6 is 0 Å². The quantitative estimate of drug-likeness (QED) is 0.868. The first kappa shape index (κ1) is 16.7. The molecule has 5 heteroatoms. The molecular weight excluding hydrogens is 276 g/mol. The number of aldehydes is 1. The van der Waals surface area contributed by atoms with E-state index in [4.69, 9.17) is 9.78 Å². The van der Waals surface area contributed by atoms with Crippen LogP contribution in [0.4, 0.5) is 11.6 Å². The Morgan fingerprint density at radius 3 is 2.23 bits per heavy atom. The third-order valence-corrected chi connectivity index (χ3v) is 4.22. The molecule has 122 valence electrons. The van der Waals surface area contributed by atoms with Gasteiger partial charge < -0.3 is 15.0 Å². The molecule has 2 heterocycles. The molecule has 1 aliphatic carbocycles. The summed E-state index contributed by atoms with van der Waals surface area (Å²) in [6, 6.07) is 0. The molecule has 3 rings (SSSR count). The maximum absolute atomic E-state index is 8.81. The van der Waals surface area contributed by atoms with Crippen molar-refractivity contribution in [2.75, 3.05) is 30.4 Å². The number of carbonyl (C=O) groups excluding carboxylic acids is 1. The Morgan fingerprint density at radius 2 is 1.73 bits per heavy atom. The largest absolute Gasteiger partial charge is 0.373 e. The van der Waals surface area contributed by atoms with Gasteiger partial charge in [-0.05, 0) is 39.5 Å². The highest BCUT2D eigenvalue weighted by atomic mass is 16.1. The number of rotatable bonds is 3.